The minimum Gasteiger partial charge on any atom is -0.337 e. The summed E-state index contributed by atoms with van der Waals surface area (Å²) in [4.78, 5) is 15.9. The molecule has 7 heteroatoms. The fraction of sp³-hybridized carbons (Fsp3) is 0.636. The second-order valence-electron chi connectivity index (χ2n) is 4.51. The molecule has 1 amide bonds. The van der Waals surface area contributed by atoms with Crippen LogP contribution in [0.25, 0.3) is 0 Å². The predicted molar refractivity (Wildman–Crippen MR) is 68.7 cm³/mol. The van der Waals surface area contributed by atoms with Crippen LogP contribution < -0.4 is 5.32 Å². The van der Waals surface area contributed by atoms with Crippen molar-refractivity contribution in [2.24, 2.45) is 5.92 Å². The Bertz CT molecular complexity index is 439. The number of nitrogens with zero attached hydrogens (tertiary/aromatic N) is 3. The Labute approximate surface area is 111 Å². The van der Waals surface area contributed by atoms with Gasteiger partial charge < -0.3 is 5.32 Å². The van der Waals surface area contributed by atoms with Crippen LogP contribution in [-0.4, -0.2) is 31.9 Å². The molecular formula is C11H17N5OS. The first-order valence-corrected chi connectivity index (χ1v) is 6.52. The normalized spacial score (nSPS) is 15.8. The highest BCUT2D eigenvalue weighted by Crippen LogP contribution is 2.21. The van der Waals surface area contributed by atoms with E-state index in [1.54, 1.807) is 13.8 Å². The van der Waals surface area contributed by atoms with Crippen molar-refractivity contribution < 1.29 is 4.79 Å². The van der Waals surface area contributed by atoms with Gasteiger partial charge in [0, 0.05) is 0 Å². The van der Waals surface area contributed by atoms with Crippen molar-refractivity contribution in [3.8, 4) is 6.07 Å². The second kappa shape index (κ2) is 5.87. The Morgan fingerprint density at radius 3 is 2.72 bits per heavy atom. The van der Waals surface area contributed by atoms with Gasteiger partial charge in [-0.05, 0) is 19.8 Å². The molecule has 0 saturated heterocycles. The number of thioether (sulfide) groups is 1. The Morgan fingerprint density at radius 1 is 1.61 bits per heavy atom. The summed E-state index contributed by atoms with van der Waals surface area (Å²) >= 11 is 1.27. The molecule has 1 heterocycles. The summed E-state index contributed by atoms with van der Waals surface area (Å²) in [5.74, 6) is -0.150. The summed E-state index contributed by atoms with van der Waals surface area (Å²) in [5.41, 5.74) is -0.854. The summed E-state index contributed by atoms with van der Waals surface area (Å²) in [6, 6.07) is 2.15. The number of H-pyrrole nitrogens is 1. The molecule has 98 valence electrons. The molecule has 6 nitrogen and oxygen atoms in total. The van der Waals surface area contributed by atoms with E-state index in [0.717, 1.165) is 0 Å². The molecule has 1 aromatic rings. The van der Waals surface area contributed by atoms with Gasteiger partial charge in [0.1, 0.15) is 11.9 Å². The van der Waals surface area contributed by atoms with Crippen molar-refractivity contribution in [2.75, 3.05) is 0 Å². The van der Waals surface area contributed by atoms with Crippen molar-refractivity contribution in [1.82, 2.24) is 20.5 Å². The highest BCUT2D eigenvalue weighted by Gasteiger charge is 2.31. The largest absolute Gasteiger partial charge is 0.337 e. The lowest BCUT2D eigenvalue weighted by Gasteiger charge is -2.28. The molecule has 18 heavy (non-hydrogen) atoms. The van der Waals surface area contributed by atoms with Gasteiger partial charge >= 0.3 is 0 Å². The van der Waals surface area contributed by atoms with Gasteiger partial charge in [0.25, 0.3) is 0 Å². The average molecular weight is 267 g/mol. The first-order valence-electron chi connectivity index (χ1n) is 5.64. The van der Waals surface area contributed by atoms with Crippen molar-refractivity contribution in [3.05, 3.63) is 6.33 Å². The molecule has 0 spiro atoms. The third-order valence-corrected chi connectivity index (χ3v) is 3.81. The number of rotatable bonds is 5. The summed E-state index contributed by atoms with van der Waals surface area (Å²) in [6.45, 7) is 7.29. The van der Waals surface area contributed by atoms with Gasteiger partial charge in [-0.15, -0.1) is 0 Å². The average Bonchev–Trinajstić information content (AvgIpc) is 2.81. The lowest BCUT2D eigenvalue weighted by Crippen LogP contribution is -2.51. The van der Waals surface area contributed by atoms with Crippen molar-refractivity contribution in [3.63, 3.8) is 0 Å². The number of aromatic nitrogens is 3. The van der Waals surface area contributed by atoms with Crippen LogP contribution in [0.5, 0.6) is 0 Å². The van der Waals surface area contributed by atoms with E-state index >= 15 is 0 Å². The van der Waals surface area contributed by atoms with Crippen LogP contribution in [0.1, 0.15) is 27.7 Å². The Balaban J connectivity index is 2.63. The molecule has 0 unspecified atom stereocenters. The number of carbonyl (C=O) groups excluding carboxylic acids is 1. The molecule has 0 fully saturated rings. The lowest BCUT2D eigenvalue weighted by molar-refractivity contribution is -0.121. The maximum Gasteiger partial charge on any atom is 0.234 e. The number of aromatic amines is 1. The molecule has 0 aliphatic rings. The number of amides is 1. The van der Waals surface area contributed by atoms with Crippen LogP contribution >= 0.6 is 11.8 Å². The van der Waals surface area contributed by atoms with E-state index in [1.165, 1.54) is 18.1 Å². The van der Waals surface area contributed by atoms with Gasteiger partial charge in [-0.1, -0.05) is 25.6 Å². The van der Waals surface area contributed by atoms with Crippen LogP contribution in [0, 0.1) is 17.2 Å². The van der Waals surface area contributed by atoms with Crippen LogP contribution in [0.2, 0.25) is 0 Å². The number of hydrogen-bond donors (Lipinski definition) is 2. The smallest absolute Gasteiger partial charge is 0.234 e. The zero-order chi connectivity index (χ0) is 13.8. The van der Waals surface area contributed by atoms with Gasteiger partial charge in [-0.3, -0.25) is 9.89 Å². The maximum atomic E-state index is 12.0. The highest BCUT2D eigenvalue weighted by molar-refractivity contribution is 8.00. The topological polar surface area (TPSA) is 94.5 Å². The number of nitriles is 1. The Hall–Kier alpha value is -1.55. The molecule has 0 aliphatic carbocycles. The zero-order valence-electron chi connectivity index (χ0n) is 10.9. The lowest BCUT2D eigenvalue weighted by atomic mass is 9.90. The molecular weight excluding hydrogens is 250 g/mol. The molecule has 0 aliphatic heterocycles. The van der Waals surface area contributed by atoms with Gasteiger partial charge in [0.05, 0.1) is 11.3 Å². The van der Waals surface area contributed by atoms with Crippen LogP contribution in [0.3, 0.4) is 0 Å². The minimum absolute atomic E-state index is 0.0360. The van der Waals surface area contributed by atoms with E-state index in [0.29, 0.717) is 5.16 Å². The van der Waals surface area contributed by atoms with E-state index in [2.05, 4.69) is 26.6 Å². The fourth-order valence-corrected chi connectivity index (χ4v) is 1.85. The number of hydrogen-bond acceptors (Lipinski definition) is 5. The fourth-order valence-electron chi connectivity index (χ4n) is 1.13. The third kappa shape index (κ3) is 3.47. The highest BCUT2D eigenvalue weighted by atomic mass is 32.2. The first-order chi connectivity index (χ1) is 8.39. The summed E-state index contributed by atoms with van der Waals surface area (Å²) in [5, 5.41) is 18.5. The van der Waals surface area contributed by atoms with Crippen LogP contribution in [0.4, 0.5) is 0 Å². The molecule has 1 aromatic heterocycles. The van der Waals surface area contributed by atoms with Crippen molar-refractivity contribution in [1.29, 1.82) is 5.26 Å². The van der Waals surface area contributed by atoms with Gasteiger partial charge in [0.15, 0.2) is 5.16 Å². The summed E-state index contributed by atoms with van der Waals surface area (Å²) < 4.78 is 0. The quantitative estimate of drug-likeness (QED) is 0.785. The molecule has 0 radical (unpaired) electrons. The van der Waals surface area contributed by atoms with E-state index < -0.39 is 5.54 Å². The van der Waals surface area contributed by atoms with E-state index in [9.17, 15) is 4.79 Å². The summed E-state index contributed by atoms with van der Waals surface area (Å²) in [7, 11) is 0. The monoisotopic (exact) mass is 267 g/mol. The SMILES string of the molecule is CC(C)[C@](C)(C#N)NC(=O)[C@H](C)Sc1ncn[nH]1. The van der Waals surface area contributed by atoms with Crippen LogP contribution in [-0.2, 0) is 4.79 Å². The van der Waals surface area contributed by atoms with Gasteiger partial charge in [0.2, 0.25) is 5.91 Å². The Morgan fingerprint density at radius 2 is 2.28 bits per heavy atom. The number of carbonyl (C=O) groups is 1. The van der Waals surface area contributed by atoms with Crippen LogP contribution in [0.15, 0.2) is 11.5 Å². The number of nitrogens with one attached hydrogen (secondary N) is 2. The summed E-state index contributed by atoms with van der Waals surface area (Å²) in [6.07, 6.45) is 1.39. The molecule has 2 atom stereocenters. The standard InChI is InChI=1S/C11H17N5OS/c1-7(2)11(4,5-12)15-9(17)8(3)18-10-13-6-14-16-10/h6-8H,1-4H3,(H,15,17)(H,13,14,16)/t8-,11-/m0/s1. The maximum absolute atomic E-state index is 12.0. The zero-order valence-corrected chi connectivity index (χ0v) is 11.7. The molecule has 1 rings (SSSR count). The van der Waals surface area contributed by atoms with E-state index in [-0.39, 0.29) is 17.1 Å². The molecule has 0 aromatic carbocycles. The Kier molecular flexibility index (Phi) is 4.73. The third-order valence-electron chi connectivity index (χ3n) is 2.82. The van der Waals surface area contributed by atoms with Crippen molar-refractivity contribution in [2.45, 2.75) is 43.6 Å². The minimum atomic E-state index is -0.854. The van der Waals surface area contributed by atoms with E-state index in [4.69, 9.17) is 5.26 Å². The van der Waals surface area contributed by atoms with E-state index in [1.807, 2.05) is 13.8 Å². The molecule has 0 saturated carbocycles. The van der Waals surface area contributed by atoms with Gasteiger partial charge in [-0.2, -0.15) is 10.4 Å². The molecule has 2 N–H and O–H groups in total. The molecule has 0 bridgehead atoms. The first kappa shape index (κ1) is 14.5. The van der Waals surface area contributed by atoms with Crippen molar-refractivity contribution >= 4 is 17.7 Å². The van der Waals surface area contributed by atoms with Gasteiger partial charge in [-0.25, -0.2) is 4.98 Å². The second-order valence-corrected chi connectivity index (χ2v) is 5.84. The predicted octanol–water partition coefficient (Wildman–Crippen LogP) is 1.34.